The Kier molecular flexibility index (Phi) is 3.49. The van der Waals surface area contributed by atoms with Crippen LogP contribution in [0.2, 0.25) is 0 Å². The molecular weight excluding hydrogens is 229 g/mol. The Balaban J connectivity index is 2.38. The van der Waals surface area contributed by atoms with E-state index < -0.39 is 0 Å². The molecule has 0 amide bonds. The Hall–Kier alpha value is -2.47. The van der Waals surface area contributed by atoms with Crippen molar-refractivity contribution >= 4 is 6.29 Å². The van der Waals surface area contributed by atoms with Gasteiger partial charge in [-0.1, -0.05) is 36.4 Å². The van der Waals surface area contributed by atoms with Crippen LogP contribution in [0.15, 0.2) is 42.5 Å². The topological polar surface area (TPSA) is 40.9 Å². The van der Waals surface area contributed by atoms with Crippen LogP contribution in [0.5, 0.6) is 0 Å². The smallest absolute Gasteiger partial charge is 0.150 e. The molecule has 0 atom stereocenters. The summed E-state index contributed by atoms with van der Waals surface area (Å²) in [6.45, 7) is 0. The van der Waals surface area contributed by atoms with Crippen LogP contribution in [0.4, 0.5) is 4.39 Å². The number of rotatable bonds is 3. The highest BCUT2D eigenvalue weighted by atomic mass is 19.1. The highest BCUT2D eigenvalue weighted by molar-refractivity contribution is 5.77. The Labute approximate surface area is 104 Å². The van der Waals surface area contributed by atoms with Crippen molar-refractivity contribution in [1.29, 1.82) is 5.26 Å². The van der Waals surface area contributed by atoms with Gasteiger partial charge < -0.3 is 0 Å². The highest BCUT2D eigenvalue weighted by Crippen LogP contribution is 2.24. The summed E-state index contributed by atoms with van der Waals surface area (Å²) in [5.41, 5.74) is 2.39. The van der Waals surface area contributed by atoms with Crippen LogP contribution in [-0.2, 0) is 6.42 Å². The van der Waals surface area contributed by atoms with E-state index in [9.17, 15) is 9.18 Å². The van der Waals surface area contributed by atoms with Gasteiger partial charge in [-0.2, -0.15) is 5.26 Å². The van der Waals surface area contributed by atoms with E-state index in [1.165, 1.54) is 6.07 Å². The molecule has 88 valence electrons. The number of halogens is 1. The zero-order chi connectivity index (χ0) is 13.0. The lowest BCUT2D eigenvalue weighted by Gasteiger charge is -2.05. The largest absolute Gasteiger partial charge is 0.298 e. The van der Waals surface area contributed by atoms with Gasteiger partial charge in [0.1, 0.15) is 12.1 Å². The first-order valence-corrected chi connectivity index (χ1v) is 5.45. The Morgan fingerprint density at radius 2 is 1.89 bits per heavy atom. The molecule has 0 aromatic heterocycles. The standard InChI is InChI=1S/C15H10FNO/c16-15-9-11(7-8-17)3-6-14(15)13-4-1-12(10-18)2-5-13/h1-6,9-10H,7H2. The molecule has 0 aliphatic carbocycles. The minimum atomic E-state index is -0.360. The number of hydrogen-bond acceptors (Lipinski definition) is 2. The van der Waals surface area contributed by atoms with Crippen molar-refractivity contribution in [3.8, 4) is 17.2 Å². The van der Waals surface area contributed by atoms with E-state index in [0.717, 1.165) is 6.29 Å². The zero-order valence-electron chi connectivity index (χ0n) is 9.56. The molecule has 0 aliphatic heterocycles. The maximum Gasteiger partial charge on any atom is 0.150 e. The Morgan fingerprint density at radius 3 is 2.44 bits per heavy atom. The van der Waals surface area contributed by atoms with Gasteiger partial charge in [-0.25, -0.2) is 4.39 Å². The van der Waals surface area contributed by atoms with Gasteiger partial charge in [-0.05, 0) is 17.2 Å². The van der Waals surface area contributed by atoms with E-state index >= 15 is 0 Å². The summed E-state index contributed by atoms with van der Waals surface area (Å²) in [4.78, 5) is 10.5. The summed E-state index contributed by atoms with van der Waals surface area (Å²) >= 11 is 0. The van der Waals surface area contributed by atoms with Gasteiger partial charge in [-0.15, -0.1) is 0 Å². The molecule has 0 bridgehead atoms. The lowest BCUT2D eigenvalue weighted by atomic mass is 10.0. The summed E-state index contributed by atoms with van der Waals surface area (Å²) in [5.74, 6) is -0.360. The number of carbonyl (C=O) groups is 1. The third-order valence-corrected chi connectivity index (χ3v) is 2.67. The van der Waals surface area contributed by atoms with Crippen molar-refractivity contribution in [3.63, 3.8) is 0 Å². The molecular formula is C15H10FNO. The average molecular weight is 239 g/mol. The molecule has 0 saturated carbocycles. The third-order valence-electron chi connectivity index (χ3n) is 2.67. The number of carbonyl (C=O) groups excluding carboxylic acids is 1. The summed E-state index contributed by atoms with van der Waals surface area (Å²) in [7, 11) is 0. The zero-order valence-corrected chi connectivity index (χ0v) is 9.56. The number of benzene rings is 2. The molecule has 3 heteroatoms. The summed E-state index contributed by atoms with van der Waals surface area (Å²) < 4.78 is 13.9. The van der Waals surface area contributed by atoms with Crippen LogP contribution in [0.1, 0.15) is 15.9 Å². The fraction of sp³-hybridized carbons (Fsp3) is 0.0667. The molecule has 2 nitrogen and oxygen atoms in total. The molecule has 0 aliphatic rings. The molecule has 0 N–H and O–H groups in total. The maximum absolute atomic E-state index is 13.9. The van der Waals surface area contributed by atoms with Crippen LogP contribution in [0.3, 0.4) is 0 Å². The van der Waals surface area contributed by atoms with E-state index in [4.69, 9.17) is 5.26 Å². The molecule has 0 radical (unpaired) electrons. The average Bonchev–Trinajstić information content (AvgIpc) is 2.40. The molecule has 0 unspecified atom stereocenters. The molecule has 0 heterocycles. The van der Waals surface area contributed by atoms with Crippen LogP contribution in [0, 0.1) is 17.1 Å². The highest BCUT2D eigenvalue weighted by Gasteiger charge is 2.06. The fourth-order valence-electron chi connectivity index (χ4n) is 1.74. The van der Waals surface area contributed by atoms with Gasteiger partial charge in [-0.3, -0.25) is 4.79 Å². The summed E-state index contributed by atoms with van der Waals surface area (Å²) in [6.07, 6.45) is 0.942. The van der Waals surface area contributed by atoms with Crippen LogP contribution in [-0.4, -0.2) is 6.29 Å². The number of aldehydes is 1. The monoisotopic (exact) mass is 239 g/mol. The van der Waals surface area contributed by atoms with Crippen molar-refractivity contribution in [2.24, 2.45) is 0 Å². The second kappa shape index (κ2) is 5.24. The van der Waals surface area contributed by atoms with Crippen molar-refractivity contribution in [3.05, 3.63) is 59.4 Å². The Morgan fingerprint density at radius 1 is 1.17 bits per heavy atom. The van der Waals surface area contributed by atoms with Crippen LogP contribution >= 0.6 is 0 Å². The van der Waals surface area contributed by atoms with Crippen molar-refractivity contribution in [2.75, 3.05) is 0 Å². The number of nitriles is 1. The predicted molar refractivity (Wildman–Crippen MR) is 66.5 cm³/mol. The lowest BCUT2D eigenvalue weighted by Crippen LogP contribution is -1.89. The first-order valence-electron chi connectivity index (χ1n) is 5.45. The Bertz CT molecular complexity index is 611. The van der Waals surface area contributed by atoms with Gasteiger partial charge in [0.25, 0.3) is 0 Å². The molecule has 18 heavy (non-hydrogen) atoms. The van der Waals surface area contributed by atoms with E-state index in [1.807, 2.05) is 6.07 Å². The summed E-state index contributed by atoms with van der Waals surface area (Å²) in [5, 5.41) is 8.55. The number of nitrogens with zero attached hydrogens (tertiary/aromatic N) is 1. The van der Waals surface area contributed by atoms with Gasteiger partial charge in [0.05, 0.1) is 12.5 Å². The van der Waals surface area contributed by atoms with E-state index in [2.05, 4.69) is 0 Å². The predicted octanol–water partition coefficient (Wildman–Crippen LogP) is 3.37. The first-order chi connectivity index (χ1) is 8.74. The van der Waals surface area contributed by atoms with E-state index in [-0.39, 0.29) is 12.2 Å². The van der Waals surface area contributed by atoms with E-state index in [0.29, 0.717) is 22.3 Å². The van der Waals surface area contributed by atoms with Crippen LogP contribution < -0.4 is 0 Å². The summed E-state index contributed by atoms with van der Waals surface area (Å²) in [6, 6.07) is 13.4. The van der Waals surface area contributed by atoms with Gasteiger partial charge in [0, 0.05) is 11.1 Å². The molecule has 2 aromatic carbocycles. The van der Waals surface area contributed by atoms with Crippen molar-refractivity contribution < 1.29 is 9.18 Å². The third kappa shape index (κ3) is 2.44. The van der Waals surface area contributed by atoms with Crippen LogP contribution in [0.25, 0.3) is 11.1 Å². The molecule has 0 spiro atoms. The van der Waals surface area contributed by atoms with Gasteiger partial charge >= 0.3 is 0 Å². The maximum atomic E-state index is 13.9. The second-order valence-electron chi connectivity index (χ2n) is 3.89. The van der Waals surface area contributed by atoms with E-state index in [1.54, 1.807) is 36.4 Å². The minimum Gasteiger partial charge on any atom is -0.298 e. The fourth-order valence-corrected chi connectivity index (χ4v) is 1.74. The minimum absolute atomic E-state index is 0.196. The van der Waals surface area contributed by atoms with Gasteiger partial charge in [0.15, 0.2) is 0 Å². The molecule has 0 fully saturated rings. The molecule has 2 rings (SSSR count). The van der Waals surface area contributed by atoms with Crippen molar-refractivity contribution in [2.45, 2.75) is 6.42 Å². The SMILES string of the molecule is N#CCc1ccc(-c2ccc(C=O)cc2)c(F)c1. The quantitative estimate of drug-likeness (QED) is 0.770. The molecule has 0 saturated heterocycles. The lowest BCUT2D eigenvalue weighted by molar-refractivity contribution is 0.112. The van der Waals surface area contributed by atoms with Crippen molar-refractivity contribution in [1.82, 2.24) is 0 Å². The normalized spacial score (nSPS) is 9.78. The molecule has 2 aromatic rings. The van der Waals surface area contributed by atoms with Gasteiger partial charge in [0.2, 0.25) is 0 Å². The number of hydrogen-bond donors (Lipinski definition) is 0. The second-order valence-corrected chi connectivity index (χ2v) is 3.89. The first kappa shape index (κ1) is 12.0.